The van der Waals surface area contributed by atoms with Gasteiger partial charge in [0.2, 0.25) is 10.0 Å². The molecular weight excluding hydrogens is 303 g/mol. The lowest BCUT2D eigenvalue weighted by Gasteiger charge is -2.12. The zero-order valence-electron chi connectivity index (χ0n) is 11.0. The Morgan fingerprint density at radius 1 is 1.35 bits per heavy atom. The van der Waals surface area contributed by atoms with Gasteiger partial charge in [0.1, 0.15) is 4.90 Å². The second-order valence-electron chi connectivity index (χ2n) is 5.14. The van der Waals surface area contributed by atoms with Crippen molar-refractivity contribution < 1.29 is 12.8 Å². The molecule has 0 bridgehead atoms. The lowest BCUT2D eigenvalue weighted by atomic mass is 10.1. The number of sulfonamides is 1. The smallest absolute Gasteiger partial charge is 0.243 e. The van der Waals surface area contributed by atoms with Crippen LogP contribution in [0.3, 0.4) is 0 Å². The number of nitrogens with two attached hydrogens (primary N) is 1. The number of nitrogens with one attached hydrogen (secondary N) is 1. The van der Waals surface area contributed by atoms with Crippen LogP contribution in [-0.4, -0.2) is 15.0 Å². The molecule has 3 N–H and O–H groups in total. The number of hydrogen-bond donors (Lipinski definition) is 2. The van der Waals surface area contributed by atoms with Crippen molar-refractivity contribution in [2.45, 2.75) is 37.0 Å². The Kier molecular flexibility index (Phi) is 4.88. The molecule has 0 spiro atoms. The first-order valence-electron chi connectivity index (χ1n) is 6.64. The van der Waals surface area contributed by atoms with E-state index in [4.69, 9.17) is 17.3 Å². The van der Waals surface area contributed by atoms with Gasteiger partial charge in [-0.05, 0) is 24.5 Å². The molecule has 1 aliphatic carbocycles. The van der Waals surface area contributed by atoms with E-state index in [2.05, 4.69) is 4.72 Å². The maximum absolute atomic E-state index is 13.8. The van der Waals surface area contributed by atoms with Crippen LogP contribution in [0.1, 0.15) is 32.1 Å². The summed E-state index contributed by atoms with van der Waals surface area (Å²) in [6.07, 6.45) is 5.46. The van der Waals surface area contributed by atoms with Crippen LogP contribution in [0.15, 0.2) is 17.0 Å². The Morgan fingerprint density at radius 3 is 2.65 bits per heavy atom. The average Bonchev–Trinajstić information content (AvgIpc) is 2.86. The molecule has 0 saturated heterocycles. The normalized spacial score (nSPS) is 16.7. The lowest BCUT2D eigenvalue weighted by Crippen LogP contribution is -2.27. The first kappa shape index (κ1) is 15.5. The Bertz CT molecular complexity index is 586. The second-order valence-corrected chi connectivity index (χ2v) is 7.32. The summed E-state index contributed by atoms with van der Waals surface area (Å²) in [5, 5.41) is 0.0973. The topological polar surface area (TPSA) is 72.2 Å². The van der Waals surface area contributed by atoms with Crippen molar-refractivity contribution >= 4 is 27.3 Å². The molecule has 1 aromatic carbocycles. The molecule has 0 amide bonds. The van der Waals surface area contributed by atoms with Crippen LogP contribution in [0.25, 0.3) is 0 Å². The molecule has 0 heterocycles. The van der Waals surface area contributed by atoms with Gasteiger partial charge in [0.25, 0.3) is 0 Å². The molecule has 1 saturated carbocycles. The van der Waals surface area contributed by atoms with Gasteiger partial charge in [-0.1, -0.05) is 37.3 Å². The number of hydrogen-bond acceptors (Lipinski definition) is 3. The van der Waals surface area contributed by atoms with Gasteiger partial charge in [-0.2, -0.15) is 0 Å². The first-order valence-corrected chi connectivity index (χ1v) is 8.50. The van der Waals surface area contributed by atoms with Crippen LogP contribution in [0.4, 0.5) is 10.1 Å². The summed E-state index contributed by atoms with van der Waals surface area (Å²) in [5.74, 6) is -0.394. The van der Waals surface area contributed by atoms with Crippen molar-refractivity contribution in [3.63, 3.8) is 0 Å². The number of benzene rings is 1. The van der Waals surface area contributed by atoms with E-state index in [1.807, 2.05) is 0 Å². The van der Waals surface area contributed by atoms with Gasteiger partial charge in [-0.25, -0.2) is 17.5 Å². The summed E-state index contributed by atoms with van der Waals surface area (Å²) in [6, 6.07) is 2.26. The highest BCUT2D eigenvalue weighted by atomic mass is 35.5. The Morgan fingerprint density at radius 2 is 2.00 bits per heavy atom. The molecule has 0 aliphatic heterocycles. The third-order valence-corrected chi connectivity index (χ3v) is 5.32. The highest BCUT2D eigenvalue weighted by Crippen LogP contribution is 2.28. The number of nitrogen functional groups attached to an aromatic ring is 1. The van der Waals surface area contributed by atoms with E-state index in [-0.39, 0.29) is 10.7 Å². The highest BCUT2D eigenvalue weighted by Gasteiger charge is 2.22. The van der Waals surface area contributed by atoms with E-state index in [1.165, 1.54) is 18.9 Å². The second kappa shape index (κ2) is 6.28. The van der Waals surface area contributed by atoms with Crippen LogP contribution in [0, 0.1) is 11.7 Å². The van der Waals surface area contributed by atoms with Crippen molar-refractivity contribution in [1.29, 1.82) is 0 Å². The summed E-state index contributed by atoms with van der Waals surface area (Å²) >= 11 is 5.73. The fourth-order valence-corrected chi connectivity index (χ4v) is 4.02. The van der Waals surface area contributed by atoms with E-state index in [1.54, 1.807) is 0 Å². The Hall–Kier alpha value is -0.850. The molecule has 20 heavy (non-hydrogen) atoms. The molecule has 0 radical (unpaired) electrons. The molecule has 1 fully saturated rings. The van der Waals surface area contributed by atoms with Gasteiger partial charge in [0.05, 0.1) is 5.69 Å². The molecule has 0 unspecified atom stereocenters. The average molecular weight is 321 g/mol. The van der Waals surface area contributed by atoms with Crippen molar-refractivity contribution in [3.8, 4) is 0 Å². The largest absolute Gasteiger partial charge is 0.396 e. The molecule has 112 valence electrons. The maximum Gasteiger partial charge on any atom is 0.243 e. The van der Waals surface area contributed by atoms with Gasteiger partial charge in [0.15, 0.2) is 5.82 Å². The van der Waals surface area contributed by atoms with Gasteiger partial charge >= 0.3 is 0 Å². The number of anilines is 1. The van der Waals surface area contributed by atoms with Crippen LogP contribution in [-0.2, 0) is 10.0 Å². The van der Waals surface area contributed by atoms with E-state index in [0.717, 1.165) is 25.3 Å². The zero-order valence-corrected chi connectivity index (χ0v) is 12.6. The third kappa shape index (κ3) is 3.62. The minimum absolute atomic E-state index is 0.0973. The maximum atomic E-state index is 13.8. The summed E-state index contributed by atoms with van der Waals surface area (Å²) in [7, 11) is -3.92. The molecule has 0 atom stereocenters. The monoisotopic (exact) mass is 320 g/mol. The Balaban J connectivity index is 2.06. The quantitative estimate of drug-likeness (QED) is 0.819. The molecular formula is C13H18ClFN2O2S. The fraction of sp³-hybridized carbons (Fsp3) is 0.538. The fourth-order valence-electron chi connectivity index (χ4n) is 2.55. The van der Waals surface area contributed by atoms with E-state index >= 15 is 0 Å². The summed E-state index contributed by atoms with van der Waals surface area (Å²) < 4.78 is 40.3. The predicted molar refractivity (Wildman–Crippen MR) is 77.6 cm³/mol. The minimum Gasteiger partial charge on any atom is -0.396 e. The molecule has 2 rings (SSSR count). The van der Waals surface area contributed by atoms with Crippen molar-refractivity contribution in [2.75, 3.05) is 12.3 Å². The van der Waals surface area contributed by atoms with E-state index in [9.17, 15) is 12.8 Å². The predicted octanol–water partition coefficient (Wildman–Crippen LogP) is 2.92. The molecule has 0 aromatic heterocycles. The zero-order chi connectivity index (χ0) is 14.8. The molecule has 7 heteroatoms. The van der Waals surface area contributed by atoms with Gasteiger partial charge < -0.3 is 5.73 Å². The number of halogens is 2. The van der Waals surface area contributed by atoms with Crippen molar-refractivity contribution in [2.24, 2.45) is 5.92 Å². The minimum atomic E-state index is -3.92. The van der Waals surface area contributed by atoms with Crippen LogP contribution < -0.4 is 10.5 Å². The van der Waals surface area contributed by atoms with Gasteiger partial charge in [-0.3, -0.25) is 0 Å². The summed E-state index contributed by atoms with van der Waals surface area (Å²) in [4.78, 5) is -0.492. The lowest BCUT2D eigenvalue weighted by molar-refractivity contribution is 0.494. The van der Waals surface area contributed by atoms with Crippen molar-refractivity contribution in [3.05, 3.63) is 23.0 Å². The van der Waals surface area contributed by atoms with E-state index in [0.29, 0.717) is 12.5 Å². The van der Waals surface area contributed by atoms with Gasteiger partial charge in [-0.15, -0.1) is 0 Å². The first-order chi connectivity index (χ1) is 9.40. The van der Waals surface area contributed by atoms with Crippen LogP contribution in [0.5, 0.6) is 0 Å². The van der Waals surface area contributed by atoms with Crippen LogP contribution in [0.2, 0.25) is 5.02 Å². The summed E-state index contributed by atoms with van der Waals surface area (Å²) in [6.45, 7) is 0.304. The number of rotatable bonds is 5. The SMILES string of the molecule is Nc1cc(Cl)cc(S(=O)(=O)NCCC2CCCC2)c1F. The molecule has 1 aliphatic rings. The molecule has 1 aromatic rings. The summed E-state index contributed by atoms with van der Waals surface area (Å²) in [5.41, 5.74) is 5.12. The molecule has 4 nitrogen and oxygen atoms in total. The van der Waals surface area contributed by atoms with Gasteiger partial charge in [0, 0.05) is 11.6 Å². The standard InChI is InChI=1S/C13H18ClFN2O2S/c14-10-7-11(16)13(15)12(8-10)20(18,19)17-6-5-9-3-1-2-4-9/h7-9,17H,1-6,16H2. The Labute approximate surface area is 123 Å². The highest BCUT2D eigenvalue weighted by molar-refractivity contribution is 7.89. The van der Waals surface area contributed by atoms with E-state index < -0.39 is 20.7 Å². The third-order valence-electron chi connectivity index (χ3n) is 3.64. The van der Waals surface area contributed by atoms with Crippen molar-refractivity contribution in [1.82, 2.24) is 4.72 Å². The van der Waals surface area contributed by atoms with Crippen LogP contribution >= 0.6 is 11.6 Å².